The normalized spacial score (nSPS) is 17.1. The number of carbonyl (C=O) groups excluding carboxylic acids is 1. The number of para-hydroxylation sites is 1. The number of hydrogen-bond acceptors (Lipinski definition) is 8. The minimum absolute atomic E-state index is 0.177. The molecule has 0 saturated carbocycles. The molecule has 2 aromatic carbocycles. The third-order valence-electron chi connectivity index (χ3n) is 6.71. The number of aromatic nitrogens is 1. The summed E-state index contributed by atoms with van der Waals surface area (Å²) in [6.45, 7) is 3.22. The van der Waals surface area contributed by atoms with Crippen LogP contribution in [0.25, 0.3) is 20.8 Å². The minimum Gasteiger partial charge on any atom is -0.379 e. The van der Waals surface area contributed by atoms with Gasteiger partial charge in [-0.1, -0.05) is 12.1 Å². The van der Waals surface area contributed by atoms with Crippen LogP contribution in [0.2, 0.25) is 0 Å². The van der Waals surface area contributed by atoms with Gasteiger partial charge < -0.3 is 15.0 Å². The maximum Gasteiger partial charge on any atom is 0.256 e. The number of carbonyl (C=O) groups is 1. The number of thiophene rings is 1. The number of amides is 1. The van der Waals surface area contributed by atoms with E-state index in [0.717, 1.165) is 45.3 Å². The number of morpholine rings is 1. The lowest BCUT2D eigenvalue weighted by atomic mass is 10.0. The van der Waals surface area contributed by atoms with Crippen molar-refractivity contribution in [1.82, 2.24) is 14.2 Å². The Kier molecular flexibility index (Phi) is 6.59. The van der Waals surface area contributed by atoms with Gasteiger partial charge in [0.2, 0.25) is 10.0 Å². The van der Waals surface area contributed by atoms with Crippen molar-refractivity contribution in [3.05, 3.63) is 64.5 Å². The molecule has 192 valence electrons. The summed E-state index contributed by atoms with van der Waals surface area (Å²) in [6.07, 6.45) is 0.900. The van der Waals surface area contributed by atoms with Crippen molar-refractivity contribution < 1.29 is 17.9 Å². The van der Waals surface area contributed by atoms with Gasteiger partial charge in [0.25, 0.3) is 5.91 Å². The van der Waals surface area contributed by atoms with Crippen LogP contribution in [0.3, 0.4) is 0 Å². The molecule has 0 spiro atoms. The van der Waals surface area contributed by atoms with Gasteiger partial charge in [0.05, 0.1) is 28.3 Å². The lowest BCUT2D eigenvalue weighted by molar-refractivity contribution is 0.0730. The molecule has 8 nitrogen and oxygen atoms in total. The predicted octanol–water partition coefficient (Wildman–Crippen LogP) is 4.29. The van der Waals surface area contributed by atoms with Crippen molar-refractivity contribution in [2.24, 2.45) is 0 Å². The van der Waals surface area contributed by atoms with E-state index in [9.17, 15) is 13.2 Å². The summed E-state index contributed by atoms with van der Waals surface area (Å²) in [5.74, 6) is -0.273. The summed E-state index contributed by atoms with van der Waals surface area (Å²) < 4.78 is 33.7. The van der Waals surface area contributed by atoms with Crippen molar-refractivity contribution >= 4 is 53.8 Å². The van der Waals surface area contributed by atoms with Crippen LogP contribution in [0.4, 0.5) is 5.00 Å². The van der Waals surface area contributed by atoms with Crippen molar-refractivity contribution in [3.63, 3.8) is 0 Å². The fourth-order valence-corrected chi connectivity index (χ4v) is 8.56. The van der Waals surface area contributed by atoms with E-state index in [1.165, 1.54) is 26.9 Å². The highest BCUT2D eigenvalue weighted by Gasteiger charge is 2.28. The van der Waals surface area contributed by atoms with Gasteiger partial charge in [-0.2, -0.15) is 4.31 Å². The molecule has 1 amide bonds. The number of thiazole rings is 1. The number of ether oxygens (including phenoxy) is 1. The molecule has 0 aliphatic carbocycles. The van der Waals surface area contributed by atoms with Crippen molar-refractivity contribution in [2.45, 2.75) is 17.9 Å². The zero-order valence-corrected chi connectivity index (χ0v) is 22.7. The smallest absolute Gasteiger partial charge is 0.256 e. The molecule has 11 heteroatoms. The molecule has 2 aliphatic rings. The van der Waals surface area contributed by atoms with Crippen LogP contribution in [0.5, 0.6) is 0 Å². The molecule has 4 aromatic rings. The van der Waals surface area contributed by atoms with Crippen LogP contribution in [0.1, 0.15) is 20.8 Å². The van der Waals surface area contributed by atoms with Gasteiger partial charge in [-0.3, -0.25) is 4.79 Å². The first-order valence-electron chi connectivity index (χ1n) is 12.1. The number of nitrogens with zero attached hydrogens (tertiary/aromatic N) is 3. The zero-order chi connectivity index (χ0) is 25.6. The van der Waals surface area contributed by atoms with Gasteiger partial charge in [0.1, 0.15) is 10.0 Å². The first-order chi connectivity index (χ1) is 17.9. The van der Waals surface area contributed by atoms with Crippen LogP contribution < -0.4 is 5.32 Å². The fourth-order valence-electron chi connectivity index (χ4n) is 4.71. The first-order valence-corrected chi connectivity index (χ1v) is 15.2. The third kappa shape index (κ3) is 4.71. The summed E-state index contributed by atoms with van der Waals surface area (Å²) in [5, 5.41) is 4.81. The molecule has 1 saturated heterocycles. The number of hydrogen-bond donors (Lipinski definition) is 1. The second-order valence-electron chi connectivity index (χ2n) is 9.18. The molecule has 0 radical (unpaired) electrons. The first kappa shape index (κ1) is 24.7. The predicted molar refractivity (Wildman–Crippen MR) is 147 cm³/mol. The summed E-state index contributed by atoms with van der Waals surface area (Å²) >= 11 is 3.23. The third-order valence-corrected chi connectivity index (χ3v) is 10.8. The summed E-state index contributed by atoms with van der Waals surface area (Å²) in [5.41, 5.74) is 3.61. The standard InChI is InChI=1S/C26H26N4O4S3/c1-29-11-10-19-22(16-29)36-26(23(19)25-27-20-4-2-3-5-21(20)35-25)28-24(31)17-6-8-18(9-7-17)37(32,33)30-12-14-34-15-13-30/h2-9H,10-16H2,1H3,(H,28,31). The molecule has 6 rings (SSSR count). The Morgan fingerprint density at radius 2 is 1.78 bits per heavy atom. The largest absolute Gasteiger partial charge is 0.379 e. The number of fused-ring (bicyclic) bond motifs is 2. The van der Waals surface area contributed by atoms with Gasteiger partial charge in [-0.05, 0) is 55.4 Å². The van der Waals surface area contributed by atoms with E-state index in [1.807, 2.05) is 18.2 Å². The number of sulfonamides is 1. The molecule has 4 heterocycles. The Labute approximate surface area is 223 Å². The van der Waals surface area contributed by atoms with E-state index < -0.39 is 10.0 Å². The van der Waals surface area contributed by atoms with E-state index in [0.29, 0.717) is 31.9 Å². The van der Waals surface area contributed by atoms with Crippen molar-refractivity contribution in [3.8, 4) is 10.6 Å². The van der Waals surface area contributed by atoms with Gasteiger partial charge in [-0.15, -0.1) is 22.7 Å². The van der Waals surface area contributed by atoms with E-state index in [2.05, 4.69) is 23.3 Å². The van der Waals surface area contributed by atoms with E-state index in [4.69, 9.17) is 9.72 Å². The Balaban J connectivity index is 1.30. The Hall–Kier alpha value is -2.67. The van der Waals surface area contributed by atoms with Gasteiger partial charge in [0.15, 0.2) is 0 Å². The molecule has 0 bridgehead atoms. The number of nitrogens with one attached hydrogen (secondary N) is 1. The van der Waals surface area contributed by atoms with Crippen LogP contribution >= 0.6 is 22.7 Å². The van der Waals surface area contributed by atoms with Crippen molar-refractivity contribution in [1.29, 1.82) is 0 Å². The molecule has 0 unspecified atom stereocenters. The highest BCUT2D eigenvalue weighted by atomic mass is 32.2. The van der Waals surface area contributed by atoms with Gasteiger partial charge in [0, 0.05) is 42.2 Å². The summed E-state index contributed by atoms with van der Waals surface area (Å²) in [6, 6.07) is 14.2. The summed E-state index contributed by atoms with van der Waals surface area (Å²) in [4.78, 5) is 21.9. The molecule has 2 aromatic heterocycles. The van der Waals surface area contributed by atoms with E-state index >= 15 is 0 Å². The van der Waals surface area contributed by atoms with Crippen molar-refractivity contribution in [2.75, 3.05) is 45.2 Å². The van der Waals surface area contributed by atoms with Gasteiger partial charge in [-0.25, -0.2) is 13.4 Å². The van der Waals surface area contributed by atoms with Crippen LogP contribution in [-0.4, -0.2) is 68.4 Å². The zero-order valence-electron chi connectivity index (χ0n) is 20.3. The van der Waals surface area contributed by atoms with E-state index in [-0.39, 0.29) is 10.8 Å². The second kappa shape index (κ2) is 9.90. The molecule has 1 fully saturated rings. The maximum atomic E-state index is 13.3. The number of anilines is 1. The Bertz CT molecular complexity index is 1540. The number of rotatable bonds is 5. The van der Waals surface area contributed by atoms with E-state index in [1.54, 1.807) is 34.8 Å². The fraction of sp³-hybridized carbons (Fsp3) is 0.308. The molecule has 0 atom stereocenters. The highest BCUT2D eigenvalue weighted by Crippen LogP contribution is 2.45. The van der Waals surface area contributed by atoms with Crippen LogP contribution in [0.15, 0.2) is 53.4 Å². The monoisotopic (exact) mass is 554 g/mol. The van der Waals surface area contributed by atoms with Crippen LogP contribution in [0, 0.1) is 0 Å². The molecular formula is C26H26N4O4S3. The number of benzene rings is 2. The average molecular weight is 555 g/mol. The highest BCUT2D eigenvalue weighted by molar-refractivity contribution is 7.89. The molecular weight excluding hydrogens is 529 g/mol. The number of likely N-dealkylation sites (N-methyl/N-ethyl adjacent to an activating group) is 1. The lowest BCUT2D eigenvalue weighted by Gasteiger charge is -2.26. The van der Waals surface area contributed by atoms with Gasteiger partial charge >= 0.3 is 0 Å². The Morgan fingerprint density at radius 1 is 1.03 bits per heavy atom. The molecule has 2 aliphatic heterocycles. The minimum atomic E-state index is -3.61. The van der Waals surface area contributed by atoms with Crippen LogP contribution in [-0.2, 0) is 27.7 Å². The molecule has 37 heavy (non-hydrogen) atoms. The quantitative estimate of drug-likeness (QED) is 0.396. The summed E-state index contributed by atoms with van der Waals surface area (Å²) in [7, 11) is -1.51. The maximum absolute atomic E-state index is 13.3. The lowest BCUT2D eigenvalue weighted by Crippen LogP contribution is -2.40. The SMILES string of the molecule is CN1CCc2c(sc(NC(=O)c3ccc(S(=O)(=O)N4CCOCC4)cc3)c2-c2nc3ccccc3s2)C1. The average Bonchev–Trinajstić information content (AvgIpc) is 3.49. The Morgan fingerprint density at radius 3 is 2.54 bits per heavy atom. The molecule has 1 N–H and O–H groups in total. The second-order valence-corrected chi connectivity index (χ2v) is 13.3. The topological polar surface area (TPSA) is 91.8 Å².